The van der Waals surface area contributed by atoms with Gasteiger partial charge in [0.15, 0.2) is 0 Å². The number of carbonyl (C=O) groups excluding carboxylic acids is 1. The maximum Gasteiger partial charge on any atom is 0.243 e. The van der Waals surface area contributed by atoms with Gasteiger partial charge in [-0.05, 0) is 48.6 Å². The van der Waals surface area contributed by atoms with Crippen LogP contribution in [0.1, 0.15) is 37.7 Å². The third kappa shape index (κ3) is 4.31. The Balaban J connectivity index is 1.61. The van der Waals surface area contributed by atoms with Crippen molar-refractivity contribution in [3.05, 3.63) is 60.2 Å². The van der Waals surface area contributed by atoms with Crippen molar-refractivity contribution < 1.29 is 13.2 Å². The first kappa shape index (κ1) is 18.6. The van der Waals surface area contributed by atoms with Gasteiger partial charge in [0.05, 0.1) is 4.90 Å². The van der Waals surface area contributed by atoms with Gasteiger partial charge in [-0.1, -0.05) is 37.3 Å². The van der Waals surface area contributed by atoms with Gasteiger partial charge in [-0.25, -0.2) is 8.42 Å². The van der Waals surface area contributed by atoms with E-state index in [9.17, 15) is 13.2 Å². The molecule has 1 fully saturated rings. The van der Waals surface area contributed by atoms with Crippen molar-refractivity contribution in [2.75, 3.05) is 18.4 Å². The maximum absolute atomic E-state index is 12.5. The third-order valence-electron chi connectivity index (χ3n) is 4.70. The SMILES string of the molecule is C[C@@H](CC(=O)Nc1ccc(S(=O)(=O)N2CCCC2)cc1)c1ccccc1. The summed E-state index contributed by atoms with van der Waals surface area (Å²) in [5.41, 5.74) is 1.73. The van der Waals surface area contributed by atoms with Crippen molar-refractivity contribution in [1.29, 1.82) is 0 Å². The molecule has 0 aromatic heterocycles. The predicted octanol–water partition coefficient (Wildman–Crippen LogP) is 3.60. The number of amides is 1. The smallest absolute Gasteiger partial charge is 0.243 e. The molecule has 5 nitrogen and oxygen atoms in total. The quantitative estimate of drug-likeness (QED) is 0.842. The Hall–Kier alpha value is -2.18. The van der Waals surface area contributed by atoms with Crippen molar-refractivity contribution in [3.8, 4) is 0 Å². The summed E-state index contributed by atoms with van der Waals surface area (Å²) in [6.45, 7) is 3.18. The van der Waals surface area contributed by atoms with E-state index in [1.807, 2.05) is 37.3 Å². The highest BCUT2D eigenvalue weighted by Gasteiger charge is 2.26. The second-order valence-corrected chi connectivity index (χ2v) is 8.64. The summed E-state index contributed by atoms with van der Waals surface area (Å²) in [5, 5.41) is 2.84. The molecule has 2 aromatic rings. The Morgan fingerprint density at radius 3 is 2.27 bits per heavy atom. The molecule has 0 bridgehead atoms. The van der Waals surface area contributed by atoms with Gasteiger partial charge in [0.2, 0.25) is 15.9 Å². The summed E-state index contributed by atoms with van der Waals surface area (Å²) < 4.78 is 26.5. The molecule has 3 rings (SSSR count). The van der Waals surface area contributed by atoms with E-state index in [0.717, 1.165) is 18.4 Å². The molecule has 1 aliphatic heterocycles. The van der Waals surface area contributed by atoms with Crippen LogP contribution in [0.2, 0.25) is 0 Å². The third-order valence-corrected chi connectivity index (χ3v) is 6.61. The van der Waals surface area contributed by atoms with Gasteiger partial charge in [0.1, 0.15) is 0 Å². The van der Waals surface area contributed by atoms with Crippen LogP contribution in [0.25, 0.3) is 0 Å². The van der Waals surface area contributed by atoms with Crippen molar-refractivity contribution >= 4 is 21.6 Å². The van der Waals surface area contributed by atoms with Crippen molar-refractivity contribution in [2.24, 2.45) is 0 Å². The lowest BCUT2D eigenvalue weighted by Crippen LogP contribution is -2.27. The fourth-order valence-electron chi connectivity index (χ4n) is 3.18. The number of anilines is 1. The van der Waals surface area contributed by atoms with Crippen LogP contribution in [0.5, 0.6) is 0 Å². The van der Waals surface area contributed by atoms with Crippen LogP contribution in [-0.2, 0) is 14.8 Å². The second-order valence-electron chi connectivity index (χ2n) is 6.70. The van der Waals surface area contributed by atoms with Gasteiger partial charge in [-0.3, -0.25) is 4.79 Å². The number of nitrogens with one attached hydrogen (secondary N) is 1. The first-order valence-electron chi connectivity index (χ1n) is 8.92. The van der Waals surface area contributed by atoms with E-state index >= 15 is 0 Å². The second kappa shape index (κ2) is 8.01. The Bertz CT molecular complexity index is 842. The molecule has 6 heteroatoms. The van der Waals surface area contributed by atoms with E-state index in [4.69, 9.17) is 0 Å². The fourth-order valence-corrected chi connectivity index (χ4v) is 4.69. The first-order chi connectivity index (χ1) is 12.5. The minimum atomic E-state index is -3.42. The highest BCUT2D eigenvalue weighted by Crippen LogP contribution is 2.23. The molecule has 0 saturated carbocycles. The van der Waals surface area contributed by atoms with Gasteiger partial charge in [-0.2, -0.15) is 4.31 Å². The summed E-state index contributed by atoms with van der Waals surface area (Å²) in [6, 6.07) is 16.3. The summed E-state index contributed by atoms with van der Waals surface area (Å²) in [7, 11) is -3.42. The van der Waals surface area contributed by atoms with E-state index in [0.29, 0.717) is 25.2 Å². The molecule has 0 radical (unpaired) electrons. The van der Waals surface area contributed by atoms with Gasteiger partial charge < -0.3 is 5.32 Å². The van der Waals surface area contributed by atoms with Crippen LogP contribution in [-0.4, -0.2) is 31.7 Å². The molecule has 0 aliphatic carbocycles. The molecule has 1 atom stereocenters. The molecular weight excluding hydrogens is 348 g/mol. The van der Waals surface area contributed by atoms with Crippen LogP contribution in [0.4, 0.5) is 5.69 Å². The topological polar surface area (TPSA) is 66.5 Å². The van der Waals surface area contributed by atoms with Crippen molar-refractivity contribution in [1.82, 2.24) is 4.31 Å². The average molecular weight is 372 g/mol. The minimum absolute atomic E-state index is 0.0866. The van der Waals surface area contributed by atoms with E-state index in [1.54, 1.807) is 24.3 Å². The van der Waals surface area contributed by atoms with Crippen LogP contribution < -0.4 is 5.32 Å². The Kier molecular flexibility index (Phi) is 5.74. The first-order valence-corrected chi connectivity index (χ1v) is 10.4. The molecule has 138 valence electrons. The lowest BCUT2D eigenvalue weighted by atomic mass is 9.97. The van der Waals surface area contributed by atoms with Gasteiger partial charge in [0.25, 0.3) is 0 Å². The summed E-state index contributed by atoms with van der Waals surface area (Å²) in [5.74, 6) is 0.0301. The minimum Gasteiger partial charge on any atom is -0.326 e. The molecule has 26 heavy (non-hydrogen) atoms. The van der Waals surface area contributed by atoms with Gasteiger partial charge in [-0.15, -0.1) is 0 Å². The maximum atomic E-state index is 12.5. The zero-order valence-electron chi connectivity index (χ0n) is 14.9. The standard InChI is InChI=1S/C20H24N2O3S/c1-16(17-7-3-2-4-8-17)15-20(23)21-18-9-11-19(12-10-18)26(24,25)22-13-5-6-14-22/h2-4,7-12,16H,5-6,13-15H2,1H3,(H,21,23)/t16-/m0/s1. The lowest BCUT2D eigenvalue weighted by molar-refractivity contribution is -0.116. The molecule has 0 unspecified atom stereocenters. The van der Waals surface area contributed by atoms with Crippen LogP contribution in [0.3, 0.4) is 0 Å². The molecule has 1 saturated heterocycles. The largest absolute Gasteiger partial charge is 0.326 e. The highest BCUT2D eigenvalue weighted by molar-refractivity contribution is 7.89. The van der Waals surface area contributed by atoms with E-state index in [2.05, 4.69) is 5.32 Å². The fraction of sp³-hybridized carbons (Fsp3) is 0.350. The molecule has 1 aliphatic rings. The Morgan fingerprint density at radius 2 is 1.65 bits per heavy atom. The zero-order chi connectivity index (χ0) is 18.6. The number of nitrogens with zero attached hydrogens (tertiary/aromatic N) is 1. The van der Waals surface area contributed by atoms with Crippen molar-refractivity contribution in [3.63, 3.8) is 0 Å². The van der Waals surface area contributed by atoms with Crippen LogP contribution >= 0.6 is 0 Å². The summed E-state index contributed by atoms with van der Waals surface area (Å²) in [4.78, 5) is 12.5. The van der Waals surface area contributed by atoms with Crippen LogP contribution in [0, 0.1) is 0 Å². The Labute approximate surface area is 155 Å². The number of rotatable bonds is 6. The molecule has 1 amide bonds. The monoisotopic (exact) mass is 372 g/mol. The number of hydrogen-bond acceptors (Lipinski definition) is 3. The number of carbonyl (C=O) groups is 1. The predicted molar refractivity (Wildman–Crippen MR) is 103 cm³/mol. The molecule has 0 spiro atoms. The van der Waals surface area contributed by atoms with E-state index < -0.39 is 10.0 Å². The number of hydrogen-bond donors (Lipinski definition) is 1. The normalized spacial score (nSPS) is 16.3. The number of sulfonamides is 1. The summed E-state index contributed by atoms with van der Waals surface area (Å²) in [6.07, 6.45) is 2.19. The average Bonchev–Trinajstić information content (AvgIpc) is 3.18. The number of benzene rings is 2. The highest BCUT2D eigenvalue weighted by atomic mass is 32.2. The Morgan fingerprint density at radius 1 is 1.04 bits per heavy atom. The molecule has 1 N–H and O–H groups in total. The van der Waals surface area contributed by atoms with Gasteiger partial charge >= 0.3 is 0 Å². The summed E-state index contributed by atoms with van der Waals surface area (Å²) >= 11 is 0. The molecule has 1 heterocycles. The van der Waals surface area contributed by atoms with Gasteiger partial charge in [0, 0.05) is 25.2 Å². The molecular formula is C20H24N2O3S. The lowest BCUT2D eigenvalue weighted by Gasteiger charge is -2.16. The van der Waals surface area contributed by atoms with E-state index in [1.165, 1.54) is 4.31 Å². The van der Waals surface area contributed by atoms with E-state index in [-0.39, 0.29) is 16.7 Å². The van der Waals surface area contributed by atoms with Crippen molar-refractivity contribution in [2.45, 2.75) is 37.0 Å². The van der Waals surface area contributed by atoms with Crippen LogP contribution in [0.15, 0.2) is 59.5 Å². The molecule has 2 aromatic carbocycles. The zero-order valence-corrected chi connectivity index (χ0v) is 15.7.